The summed E-state index contributed by atoms with van der Waals surface area (Å²) in [4.78, 5) is 27.4. The summed E-state index contributed by atoms with van der Waals surface area (Å²) in [6.45, 7) is 6.12. The van der Waals surface area contributed by atoms with Gasteiger partial charge in [0.15, 0.2) is 0 Å². The van der Waals surface area contributed by atoms with Crippen LogP contribution in [0.1, 0.15) is 52.4 Å². The molecule has 0 unspecified atom stereocenters. The summed E-state index contributed by atoms with van der Waals surface area (Å²) in [5.74, 6) is -0.305. The van der Waals surface area contributed by atoms with Crippen molar-refractivity contribution in [3.05, 3.63) is 0 Å². The van der Waals surface area contributed by atoms with Gasteiger partial charge in [-0.05, 0) is 32.6 Å². The van der Waals surface area contributed by atoms with Crippen LogP contribution >= 0.6 is 0 Å². The minimum Gasteiger partial charge on any atom is -0.481 e. The van der Waals surface area contributed by atoms with Crippen molar-refractivity contribution in [3.8, 4) is 0 Å². The Labute approximate surface area is 127 Å². The van der Waals surface area contributed by atoms with Crippen LogP contribution in [0.4, 0.5) is 0 Å². The molecule has 5 nitrogen and oxygen atoms in total. The average molecular weight is 296 g/mol. The lowest BCUT2D eigenvalue weighted by Gasteiger charge is -2.42. The number of likely N-dealkylation sites (tertiary alicyclic amines) is 1. The van der Waals surface area contributed by atoms with Crippen LogP contribution in [0.25, 0.3) is 0 Å². The van der Waals surface area contributed by atoms with Gasteiger partial charge in [-0.3, -0.25) is 14.5 Å². The molecule has 1 saturated heterocycles. The van der Waals surface area contributed by atoms with Crippen LogP contribution in [0.5, 0.6) is 0 Å². The summed E-state index contributed by atoms with van der Waals surface area (Å²) in [5, 5.41) is 8.75. The molecule has 0 aromatic carbocycles. The van der Waals surface area contributed by atoms with Gasteiger partial charge in [-0.2, -0.15) is 0 Å². The predicted octanol–water partition coefficient (Wildman–Crippen LogP) is 1.96. The molecule has 2 aliphatic rings. The fourth-order valence-electron chi connectivity index (χ4n) is 3.73. The Kier molecular flexibility index (Phi) is 5.62. The number of carbonyl (C=O) groups is 2. The van der Waals surface area contributed by atoms with Gasteiger partial charge in [0.25, 0.3) is 0 Å². The summed E-state index contributed by atoms with van der Waals surface area (Å²) in [7, 11) is 0. The molecule has 1 aliphatic heterocycles. The summed E-state index contributed by atoms with van der Waals surface area (Å²) >= 11 is 0. The number of rotatable bonds is 6. The van der Waals surface area contributed by atoms with E-state index < -0.39 is 5.97 Å². The van der Waals surface area contributed by atoms with Crippen LogP contribution in [-0.4, -0.2) is 58.5 Å². The van der Waals surface area contributed by atoms with E-state index in [-0.39, 0.29) is 24.3 Å². The smallest absolute Gasteiger partial charge is 0.303 e. The predicted molar refractivity (Wildman–Crippen MR) is 81.0 cm³/mol. The Morgan fingerprint density at radius 2 is 1.81 bits per heavy atom. The summed E-state index contributed by atoms with van der Waals surface area (Å²) in [6.07, 6.45) is 6.23. The van der Waals surface area contributed by atoms with Gasteiger partial charge in [0, 0.05) is 25.2 Å². The monoisotopic (exact) mass is 296 g/mol. The summed E-state index contributed by atoms with van der Waals surface area (Å²) in [6, 6.07) is 0.652. The molecule has 0 radical (unpaired) electrons. The number of hydrogen-bond donors (Lipinski definition) is 1. The van der Waals surface area contributed by atoms with Crippen LogP contribution in [0, 0.1) is 5.92 Å². The second-order valence-corrected chi connectivity index (χ2v) is 6.84. The van der Waals surface area contributed by atoms with Crippen LogP contribution in [0.2, 0.25) is 0 Å². The average Bonchev–Trinajstić information content (AvgIpc) is 2.36. The van der Waals surface area contributed by atoms with Crippen LogP contribution in [0.3, 0.4) is 0 Å². The number of carboxylic acids is 1. The standard InChI is InChI=1S/C16H28N2O3/c1-12(2)18(14-6-4-3-5-7-14)15(19)11-17-9-13(10-17)8-16(20)21/h12-14H,3-11H2,1-2H3,(H,20,21). The first-order valence-corrected chi connectivity index (χ1v) is 8.22. The van der Waals surface area contributed by atoms with Gasteiger partial charge in [-0.1, -0.05) is 19.3 Å². The van der Waals surface area contributed by atoms with Gasteiger partial charge in [-0.15, -0.1) is 0 Å². The number of aliphatic carboxylic acids is 1. The molecule has 1 saturated carbocycles. The molecule has 120 valence electrons. The maximum atomic E-state index is 12.6. The first-order chi connectivity index (χ1) is 9.97. The fourth-order valence-corrected chi connectivity index (χ4v) is 3.73. The lowest BCUT2D eigenvalue weighted by Crippen LogP contribution is -2.55. The summed E-state index contributed by atoms with van der Waals surface area (Å²) < 4.78 is 0. The zero-order chi connectivity index (χ0) is 15.4. The molecule has 5 heteroatoms. The molecular formula is C16H28N2O3. The second kappa shape index (κ2) is 7.25. The minimum atomic E-state index is -0.739. The maximum absolute atomic E-state index is 12.6. The molecule has 0 atom stereocenters. The van der Waals surface area contributed by atoms with E-state index in [0.717, 1.165) is 25.9 Å². The van der Waals surface area contributed by atoms with E-state index >= 15 is 0 Å². The zero-order valence-corrected chi connectivity index (χ0v) is 13.3. The van der Waals surface area contributed by atoms with Crippen molar-refractivity contribution in [2.24, 2.45) is 5.92 Å². The third-order valence-electron chi connectivity index (χ3n) is 4.67. The highest BCUT2D eigenvalue weighted by Crippen LogP contribution is 2.25. The molecule has 1 N–H and O–H groups in total. The van der Waals surface area contributed by atoms with E-state index in [0.29, 0.717) is 12.6 Å². The SMILES string of the molecule is CC(C)N(C(=O)CN1CC(CC(=O)O)C1)C1CCCCC1. The molecule has 0 aromatic rings. The number of hydrogen-bond acceptors (Lipinski definition) is 3. The fraction of sp³-hybridized carbons (Fsp3) is 0.875. The number of nitrogens with zero attached hydrogens (tertiary/aromatic N) is 2. The largest absolute Gasteiger partial charge is 0.481 e. The van der Waals surface area contributed by atoms with Crippen molar-refractivity contribution in [2.45, 2.75) is 64.5 Å². The van der Waals surface area contributed by atoms with E-state index in [1.165, 1.54) is 19.3 Å². The second-order valence-electron chi connectivity index (χ2n) is 6.84. The van der Waals surface area contributed by atoms with E-state index in [1.807, 2.05) is 0 Å². The van der Waals surface area contributed by atoms with Gasteiger partial charge < -0.3 is 10.0 Å². The molecule has 2 fully saturated rings. The molecule has 0 bridgehead atoms. The normalized spacial score (nSPS) is 21.3. The Balaban J connectivity index is 1.81. The molecule has 1 amide bonds. The van der Waals surface area contributed by atoms with Crippen molar-refractivity contribution in [1.82, 2.24) is 9.80 Å². The quantitative estimate of drug-likeness (QED) is 0.814. The van der Waals surface area contributed by atoms with E-state index in [2.05, 4.69) is 23.6 Å². The van der Waals surface area contributed by atoms with Crippen molar-refractivity contribution in [3.63, 3.8) is 0 Å². The third-order valence-corrected chi connectivity index (χ3v) is 4.67. The molecular weight excluding hydrogens is 268 g/mol. The minimum absolute atomic E-state index is 0.214. The number of carbonyl (C=O) groups excluding carboxylic acids is 1. The highest BCUT2D eigenvalue weighted by molar-refractivity contribution is 5.79. The molecule has 21 heavy (non-hydrogen) atoms. The third kappa shape index (κ3) is 4.43. The summed E-state index contributed by atoms with van der Waals surface area (Å²) in [5.41, 5.74) is 0. The van der Waals surface area contributed by atoms with Gasteiger partial charge in [0.1, 0.15) is 0 Å². The Morgan fingerprint density at radius 3 is 2.33 bits per heavy atom. The molecule has 0 aromatic heterocycles. The lowest BCUT2D eigenvalue weighted by molar-refractivity contribution is -0.141. The Hall–Kier alpha value is -1.10. The zero-order valence-electron chi connectivity index (χ0n) is 13.3. The van der Waals surface area contributed by atoms with Crippen LogP contribution in [-0.2, 0) is 9.59 Å². The highest BCUT2D eigenvalue weighted by Gasteiger charge is 2.33. The van der Waals surface area contributed by atoms with Gasteiger partial charge in [-0.25, -0.2) is 0 Å². The van der Waals surface area contributed by atoms with Gasteiger partial charge >= 0.3 is 5.97 Å². The van der Waals surface area contributed by atoms with Gasteiger partial charge in [0.2, 0.25) is 5.91 Å². The van der Waals surface area contributed by atoms with E-state index in [4.69, 9.17) is 5.11 Å². The first kappa shape index (κ1) is 16.3. The Bertz CT molecular complexity index is 372. The number of carboxylic acid groups (broad SMARTS) is 1. The van der Waals surface area contributed by atoms with Crippen LogP contribution < -0.4 is 0 Å². The van der Waals surface area contributed by atoms with E-state index in [1.54, 1.807) is 0 Å². The van der Waals surface area contributed by atoms with Gasteiger partial charge in [0.05, 0.1) is 13.0 Å². The van der Waals surface area contributed by atoms with Crippen molar-refractivity contribution >= 4 is 11.9 Å². The van der Waals surface area contributed by atoms with Crippen molar-refractivity contribution < 1.29 is 14.7 Å². The lowest BCUT2D eigenvalue weighted by atomic mass is 9.93. The highest BCUT2D eigenvalue weighted by atomic mass is 16.4. The maximum Gasteiger partial charge on any atom is 0.303 e. The first-order valence-electron chi connectivity index (χ1n) is 8.22. The Morgan fingerprint density at radius 1 is 1.19 bits per heavy atom. The number of amides is 1. The molecule has 1 aliphatic carbocycles. The van der Waals surface area contributed by atoms with Crippen molar-refractivity contribution in [1.29, 1.82) is 0 Å². The topological polar surface area (TPSA) is 60.9 Å². The molecule has 0 spiro atoms. The van der Waals surface area contributed by atoms with Crippen LogP contribution in [0.15, 0.2) is 0 Å². The molecule has 2 rings (SSSR count). The van der Waals surface area contributed by atoms with E-state index in [9.17, 15) is 9.59 Å². The molecule has 1 heterocycles. The van der Waals surface area contributed by atoms with Crippen molar-refractivity contribution in [2.75, 3.05) is 19.6 Å².